The highest BCUT2D eigenvalue weighted by molar-refractivity contribution is 7.25. The van der Waals surface area contributed by atoms with Gasteiger partial charge in [-0.05, 0) is 66.7 Å². The summed E-state index contributed by atoms with van der Waals surface area (Å²) in [6, 6.07) is 56.5. The van der Waals surface area contributed by atoms with Gasteiger partial charge in [0.2, 0.25) is 0 Å². The largest absolute Gasteiger partial charge is 0.454 e. The van der Waals surface area contributed by atoms with E-state index in [1.54, 1.807) is 0 Å². The third-order valence-corrected chi connectivity index (χ3v) is 10.3. The van der Waals surface area contributed by atoms with Gasteiger partial charge in [0.05, 0.1) is 16.7 Å². The van der Waals surface area contributed by atoms with Gasteiger partial charge in [-0.15, -0.1) is 11.3 Å². The van der Waals surface area contributed by atoms with E-state index in [-0.39, 0.29) is 0 Å². The first-order chi connectivity index (χ1) is 22.8. The summed E-state index contributed by atoms with van der Waals surface area (Å²) in [5.41, 5.74) is 8.43. The maximum absolute atomic E-state index is 6.63. The lowest BCUT2D eigenvalue weighted by molar-refractivity contribution is 0.669. The maximum Gasteiger partial charge on any atom is 0.159 e. The molecule has 0 aliphatic carbocycles. The third kappa shape index (κ3) is 3.71. The van der Waals surface area contributed by atoms with Crippen molar-refractivity contribution < 1.29 is 4.42 Å². The van der Waals surface area contributed by atoms with Gasteiger partial charge >= 0.3 is 0 Å². The number of para-hydroxylation sites is 4. The molecule has 0 atom stereocenters. The van der Waals surface area contributed by atoms with E-state index in [1.807, 2.05) is 17.4 Å². The Bertz CT molecular complexity index is 2770. The second-order valence-corrected chi connectivity index (χ2v) is 12.8. The number of furan rings is 1. The number of hydrogen-bond donors (Lipinski definition) is 0. The van der Waals surface area contributed by atoms with E-state index in [9.17, 15) is 0 Å². The summed E-state index contributed by atoms with van der Waals surface area (Å²) in [7, 11) is 0. The van der Waals surface area contributed by atoms with Gasteiger partial charge in [-0.2, -0.15) is 0 Å². The Hall–Kier alpha value is -5.84. The van der Waals surface area contributed by atoms with Crippen molar-refractivity contribution in [2.45, 2.75) is 0 Å². The van der Waals surface area contributed by atoms with Crippen LogP contribution in [0.15, 0.2) is 162 Å². The molecule has 4 heteroatoms. The topological polar surface area (TPSA) is 21.3 Å². The smallest absolute Gasteiger partial charge is 0.159 e. The Morgan fingerprint density at radius 2 is 1.13 bits per heavy atom. The molecule has 0 fully saturated rings. The van der Waals surface area contributed by atoms with Crippen LogP contribution in [-0.2, 0) is 0 Å². The van der Waals surface area contributed by atoms with Gasteiger partial charge in [0.25, 0.3) is 0 Å². The summed E-state index contributed by atoms with van der Waals surface area (Å²) < 4.78 is 11.6. The molecule has 0 unspecified atom stereocenters. The third-order valence-electron chi connectivity index (χ3n) is 9.17. The first-order valence-electron chi connectivity index (χ1n) is 15.5. The average molecular weight is 607 g/mol. The van der Waals surface area contributed by atoms with Gasteiger partial charge in [-0.25, -0.2) is 0 Å². The monoisotopic (exact) mass is 606 g/mol. The van der Waals surface area contributed by atoms with Crippen LogP contribution in [0.4, 0.5) is 17.1 Å². The second kappa shape index (κ2) is 9.83. The lowest BCUT2D eigenvalue weighted by atomic mass is 10.1. The minimum absolute atomic E-state index is 0.877. The summed E-state index contributed by atoms with van der Waals surface area (Å²) in [6.07, 6.45) is 0. The summed E-state index contributed by atoms with van der Waals surface area (Å²) >= 11 is 1.84. The molecule has 0 N–H and O–H groups in total. The number of anilines is 3. The Morgan fingerprint density at radius 1 is 0.457 bits per heavy atom. The summed E-state index contributed by atoms with van der Waals surface area (Å²) in [4.78, 5) is 2.36. The molecule has 3 nitrogen and oxygen atoms in total. The molecule has 10 aromatic rings. The van der Waals surface area contributed by atoms with Gasteiger partial charge in [-0.3, -0.25) is 0 Å². The number of benzene rings is 7. The molecule has 0 amide bonds. The minimum atomic E-state index is 0.877. The molecule has 10 rings (SSSR count). The molecule has 0 radical (unpaired) electrons. The highest BCUT2D eigenvalue weighted by Gasteiger charge is 2.22. The fourth-order valence-electron chi connectivity index (χ4n) is 7.14. The minimum Gasteiger partial charge on any atom is -0.454 e. The van der Waals surface area contributed by atoms with Crippen molar-refractivity contribution in [3.63, 3.8) is 0 Å². The first kappa shape index (κ1) is 25.5. The van der Waals surface area contributed by atoms with Crippen molar-refractivity contribution in [1.82, 2.24) is 4.57 Å². The number of thiophene rings is 1. The summed E-state index contributed by atoms with van der Waals surface area (Å²) in [5.74, 6) is 0. The van der Waals surface area contributed by atoms with Crippen LogP contribution in [-0.4, -0.2) is 4.57 Å². The number of fused-ring (bicyclic) bond motifs is 9. The van der Waals surface area contributed by atoms with Crippen LogP contribution in [0.5, 0.6) is 0 Å². The van der Waals surface area contributed by atoms with Crippen LogP contribution in [0.3, 0.4) is 0 Å². The van der Waals surface area contributed by atoms with Crippen molar-refractivity contribution in [1.29, 1.82) is 0 Å². The van der Waals surface area contributed by atoms with Crippen LogP contribution in [0.2, 0.25) is 0 Å². The Balaban J connectivity index is 1.29. The van der Waals surface area contributed by atoms with E-state index < -0.39 is 0 Å². The SMILES string of the molecule is c1ccc(-n2c3ccccc3c3ccc(N(c4ccc5sc6ccccc6c5c4)c4cccc5c4oc4ccccc45)cc32)cc1. The van der Waals surface area contributed by atoms with Gasteiger partial charge in [0, 0.05) is 58.8 Å². The van der Waals surface area contributed by atoms with E-state index in [2.05, 4.69) is 161 Å². The molecule has 3 heterocycles. The number of nitrogens with zero attached hydrogens (tertiary/aromatic N) is 2. The van der Waals surface area contributed by atoms with E-state index in [0.29, 0.717) is 0 Å². The Morgan fingerprint density at radius 3 is 2.04 bits per heavy atom. The van der Waals surface area contributed by atoms with Crippen LogP contribution in [0.25, 0.3) is 69.6 Å². The lowest BCUT2D eigenvalue weighted by Gasteiger charge is -2.26. The molecule has 0 aliphatic heterocycles. The number of hydrogen-bond acceptors (Lipinski definition) is 3. The molecule has 0 bridgehead atoms. The Labute approximate surface area is 268 Å². The maximum atomic E-state index is 6.63. The van der Waals surface area contributed by atoms with Gasteiger partial charge < -0.3 is 13.9 Å². The second-order valence-electron chi connectivity index (χ2n) is 11.8. The van der Waals surface area contributed by atoms with Crippen molar-refractivity contribution >= 4 is 92.3 Å². The molecule has 0 aliphatic rings. The number of aromatic nitrogens is 1. The van der Waals surface area contributed by atoms with Gasteiger partial charge in [0.1, 0.15) is 5.58 Å². The van der Waals surface area contributed by atoms with Gasteiger partial charge in [-0.1, -0.05) is 91.0 Å². The van der Waals surface area contributed by atoms with Gasteiger partial charge in [0.15, 0.2) is 5.58 Å². The average Bonchev–Trinajstić information content (AvgIpc) is 3.78. The van der Waals surface area contributed by atoms with Crippen molar-refractivity contribution in [2.75, 3.05) is 4.90 Å². The quantitative estimate of drug-likeness (QED) is 0.199. The number of rotatable bonds is 4. The van der Waals surface area contributed by atoms with Crippen molar-refractivity contribution in [3.05, 3.63) is 158 Å². The molecule has 46 heavy (non-hydrogen) atoms. The normalized spacial score (nSPS) is 11.9. The zero-order chi connectivity index (χ0) is 30.2. The van der Waals surface area contributed by atoms with Crippen LogP contribution < -0.4 is 4.90 Å². The molecular formula is C42H26N2OS. The predicted octanol–water partition coefficient (Wildman–Crippen LogP) is 12.5. The molecule has 0 saturated heterocycles. The van der Waals surface area contributed by atoms with E-state index in [1.165, 1.54) is 36.5 Å². The fraction of sp³-hybridized carbons (Fsp3) is 0. The first-order valence-corrected chi connectivity index (χ1v) is 16.3. The molecule has 216 valence electrons. The highest BCUT2D eigenvalue weighted by Crippen LogP contribution is 2.45. The summed E-state index contributed by atoms with van der Waals surface area (Å²) in [6.45, 7) is 0. The molecule has 3 aromatic heterocycles. The molecular weight excluding hydrogens is 581 g/mol. The standard InChI is InChI=1S/C42H26N2OS/c1-2-11-27(12-3-1)44-36-17-7-4-13-30(36)31-23-21-29(26-38(31)44)43(28-22-24-41-35(25-28)33-15-6-9-20-40(33)46-41)37-18-10-16-34-32-14-5-8-19-39(32)45-42(34)37/h1-26H. The molecule has 0 saturated carbocycles. The predicted molar refractivity (Wildman–Crippen MR) is 196 cm³/mol. The van der Waals surface area contributed by atoms with Crippen molar-refractivity contribution in [3.8, 4) is 5.69 Å². The molecule has 7 aromatic carbocycles. The van der Waals surface area contributed by atoms with Crippen molar-refractivity contribution in [2.24, 2.45) is 0 Å². The van der Waals surface area contributed by atoms with E-state index >= 15 is 0 Å². The zero-order valence-electron chi connectivity index (χ0n) is 24.7. The lowest BCUT2D eigenvalue weighted by Crippen LogP contribution is -2.10. The van der Waals surface area contributed by atoms with E-state index in [4.69, 9.17) is 4.42 Å². The Kier molecular flexibility index (Phi) is 5.45. The van der Waals surface area contributed by atoms with E-state index in [0.717, 1.165) is 50.2 Å². The van der Waals surface area contributed by atoms with Crippen LogP contribution in [0, 0.1) is 0 Å². The van der Waals surface area contributed by atoms with Crippen LogP contribution >= 0.6 is 11.3 Å². The highest BCUT2D eigenvalue weighted by atomic mass is 32.1. The molecule has 0 spiro atoms. The fourth-order valence-corrected chi connectivity index (χ4v) is 8.23. The van der Waals surface area contributed by atoms with Crippen LogP contribution in [0.1, 0.15) is 0 Å². The summed E-state index contributed by atoms with van der Waals surface area (Å²) in [5, 5.41) is 7.25. The zero-order valence-corrected chi connectivity index (χ0v) is 25.5.